The number of nitrogens with zero attached hydrogens (tertiary/aromatic N) is 1. The fourth-order valence-corrected chi connectivity index (χ4v) is 1.80. The predicted octanol–water partition coefficient (Wildman–Crippen LogP) is 1.93. The zero-order chi connectivity index (χ0) is 16.1. The van der Waals surface area contributed by atoms with Gasteiger partial charge in [-0.05, 0) is 32.0 Å². The monoisotopic (exact) mass is 322 g/mol. The molecular weight excluding hydrogens is 308 g/mol. The molecule has 7 nitrogen and oxygen atoms in total. The number of hydrogen-bond acceptors (Lipinski definition) is 4. The standard InChI is InChI=1S/C14H15ClN4O3/c1-8(2)22-14-10(15)6-9(7-17-14)12(20)18-19-13(21)11-4-3-5-16-11/h3-8,16H,1-2H3,(H,18,20)(H,19,21). The van der Waals surface area contributed by atoms with Crippen LogP contribution in [0.5, 0.6) is 5.88 Å². The molecule has 0 spiro atoms. The highest BCUT2D eigenvalue weighted by Crippen LogP contribution is 2.23. The topological polar surface area (TPSA) is 96.1 Å². The van der Waals surface area contributed by atoms with Crippen LogP contribution in [0.25, 0.3) is 0 Å². The first-order valence-electron chi connectivity index (χ1n) is 6.53. The Hall–Kier alpha value is -2.54. The Morgan fingerprint density at radius 2 is 2.05 bits per heavy atom. The second kappa shape index (κ2) is 6.95. The highest BCUT2D eigenvalue weighted by molar-refractivity contribution is 6.32. The number of nitrogens with one attached hydrogen (secondary N) is 3. The van der Waals surface area contributed by atoms with Crippen LogP contribution >= 0.6 is 11.6 Å². The van der Waals surface area contributed by atoms with E-state index in [2.05, 4.69) is 20.8 Å². The van der Waals surface area contributed by atoms with Crippen molar-refractivity contribution < 1.29 is 14.3 Å². The lowest BCUT2D eigenvalue weighted by Gasteiger charge is -2.11. The lowest BCUT2D eigenvalue weighted by Crippen LogP contribution is -2.41. The summed E-state index contributed by atoms with van der Waals surface area (Å²) in [5.41, 5.74) is 5.09. The van der Waals surface area contributed by atoms with Crippen LogP contribution in [-0.4, -0.2) is 27.9 Å². The Kier molecular flexibility index (Phi) is 5.00. The minimum absolute atomic E-state index is 0.0789. The predicted molar refractivity (Wildman–Crippen MR) is 80.7 cm³/mol. The van der Waals surface area contributed by atoms with Gasteiger partial charge in [0.2, 0.25) is 5.88 Å². The van der Waals surface area contributed by atoms with Gasteiger partial charge in [0.1, 0.15) is 10.7 Å². The molecule has 0 atom stereocenters. The van der Waals surface area contributed by atoms with Gasteiger partial charge in [-0.3, -0.25) is 20.4 Å². The van der Waals surface area contributed by atoms with Gasteiger partial charge in [0.25, 0.3) is 11.8 Å². The van der Waals surface area contributed by atoms with Gasteiger partial charge in [-0.25, -0.2) is 4.98 Å². The quantitative estimate of drug-likeness (QED) is 0.749. The number of hydrazine groups is 1. The molecule has 0 aromatic carbocycles. The van der Waals surface area contributed by atoms with Crippen LogP contribution in [0.4, 0.5) is 0 Å². The molecule has 2 amide bonds. The number of H-pyrrole nitrogens is 1. The summed E-state index contributed by atoms with van der Waals surface area (Å²) in [7, 11) is 0. The molecule has 2 aromatic heterocycles. The molecular formula is C14H15ClN4O3. The number of pyridine rings is 1. The molecule has 0 unspecified atom stereocenters. The molecule has 116 valence electrons. The first kappa shape index (κ1) is 15.8. The van der Waals surface area contributed by atoms with E-state index in [0.717, 1.165) is 0 Å². The Morgan fingerprint density at radius 3 is 2.64 bits per heavy atom. The molecule has 3 N–H and O–H groups in total. The summed E-state index contributed by atoms with van der Waals surface area (Å²) in [4.78, 5) is 30.3. The van der Waals surface area contributed by atoms with Gasteiger partial charge >= 0.3 is 0 Å². The van der Waals surface area contributed by atoms with E-state index in [9.17, 15) is 9.59 Å². The number of aromatic nitrogens is 2. The van der Waals surface area contributed by atoms with Gasteiger partial charge in [-0.2, -0.15) is 0 Å². The van der Waals surface area contributed by atoms with Crippen molar-refractivity contribution >= 4 is 23.4 Å². The summed E-state index contributed by atoms with van der Waals surface area (Å²) in [6.45, 7) is 3.68. The van der Waals surface area contributed by atoms with Crippen LogP contribution in [0.15, 0.2) is 30.6 Å². The van der Waals surface area contributed by atoms with E-state index in [4.69, 9.17) is 16.3 Å². The number of rotatable bonds is 4. The lowest BCUT2D eigenvalue weighted by atomic mass is 10.3. The molecule has 0 aliphatic rings. The van der Waals surface area contributed by atoms with Crippen LogP contribution in [0.1, 0.15) is 34.7 Å². The van der Waals surface area contributed by atoms with Gasteiger partial charge in [-0.15, -0.1) is 0 Å². The highest BCUT2D eigenvalue weighted by Gasteiger charge is 2.13. The maximum atomic E-state index is 11.9. The summed E-state index contributed by atoms with van der Waals surface area (Å²) >= 11 is 6.00. The van der Waals surface area contributed by atoms with E-state index >= 15 is 0 Å². The molecule has 2 rings (SSSR count). The third-order valence-electron chi connectivity index (χ3n) is 2.55. The lowest BCUT2D eigenvalue weighted by molar-refractivity contribution is 0.0844. The maximum absolute atomic E-state index is 11.9. The zero-order valence-corrected chi connectivity index (χ0v) is 12.8. The summed E-state index contributed by atoms with van der Waals surface area (Å²) in [5, 5.41) is 0.219. The van der Waals surface area contributed by atoms with Gasteiger partial charge in [-0.1, -0.05) is 11.6 Å². The molecule has 0 aliphatic heterocycles. The van der Waals surface area contributed by atoms with E-state index in [-0.39, 0.29) is 22.6 Å². The number of carbonyl (C=O) groups excluding carboxylic acids is 2. The second-order valence-electron chi connectivity index (χ2n) is 4.67. The van der Waals surface area contributed by atoms with E-state index in [1.165, 1.54) is 12.3 Å². The molecule has 0 aliphatic carbocycles. The summed E-state index contributed by atoms with van der Waals surface area (Å²) < 4.78 is 5.38. The van der Waals surface area contributed by atoms with Crippen molar-refractivity contribution in [2.24, 2.45) is 0 Å². The second-order valence-corrected chi connectivity index (χ2v) is 5.08. The van der Waals surface area contributed by atoms with E-state index in [1.807, 2.05) is 13.8 Å². The van der Waals surface area contributed by atoms with E-state index in [0.29, 0.717) is 5.69 Å². The number of ether oxygens (including phenoxy) is 1. The molecule has 0 bridgehead atoms. The van der Waals surface area contributed by atoms with E-state index < -0.39 is 11.8 Å². The SMILES string of the molecule is CC(C)Oc1ncc(C(=O)NNC(=O)c2ccc[nH]2)cc1Cl. The van der Waals surface area contributed by atoms with Gasteiger partial charge in [0.15, 0.2) is 0 Å². The molecule has 22 heavy (non-hydrogen) atoms. The fourth-order valence-electron chi connectivity index (χ4n) is 1.58. The van der Waals surface area contributed by atoms with Crippen molar-refractivity contribution in [3.8, 4) is 5.88 Å². The minimum atomic E-state index is -0.537. The summed E-state index contributed by atoms with van der Waals surface area (Å²) in [6, 6.07) is 4.67. The largest absolute Gasteiger partial charge is 0.474 e. The first-order valence-corrected chi connectivity index (χ1v) is 6.91. The molecule has 2 heterocycles. The van der Waals surface area contributed by atoms with Gasteiger partial charge < -0.3 is 9.72 Å². The minimum Gasteiger partial charge on any atom is -0.474 e. The van der Waals surface area contributed by atoms with Crippen molar-refractivity contribution in [3.63, 3.8) is 0 Å². The van der Waals surface area contributed by atoms with Crippen molar-refractivity contribution in [3.05, 3.63) is 46.9 Å². The molecule has 0 saturated heterocycles. The zero-order valence-electron chi connectivity index (χ0n) is 12.0. The van der Waals surface area contributed by atoms with Crippen molar-refractivity contribution in [1.82, 2.24) is 20.8 Å². The van der Waals surface area contributed by atoms with Crippen LogP contribution in [-0.2, 0) is 0 Å². The highest BCUT2D eigenvalue weighted by atomic mass is 35.5. The molecule has 8 heteroatoms. The first-order chi connectivity index (χ1) is 10.5. The Labute approximate surface area is 132 Å². The molecule has 0 fully saturated rings. The third-order valence-corrected chi connectivity index (χ3v) is 2.82. The number of halogens is 1. The van der Waals surface area contributed by atoms with Crippen molar-refractivity contribution in [2.75, 3.05) is 0 Å². The number of aromatic amines is 1. The smallest absolute Gasteiger partial charge is 0.286 e. The van der Waals surface area contributed by atoms with Crippen LogP contribution in [0.2, 0.25) is 5.02 Å². The average molecular weight is 323 g/mol. The fraction of sp³-hybridized carbons (Fsp3) is 0.214. The normalized spacial score (nSPS) is 10.4. The number of carbonyl (C=O) groups is 2. The average Bonchev–Trinajstić information content (AvgIpc) is 3.00. The number of amides is 2. The molecule has 0 saturated carbocycles. The van der Waals surface area contributed by atoms with Crippen LogP contribution < -0.4 is 15.6 Å². The Bertz CT molecular complexity index is 671. The van der Waals surface area contributed by atoms with Gasteiger partial charge in [0.05, 0.1) is 11.7 Å². The maximum Gasteiger partial charge on any atom is 0.286 e. The van der Waals surface area contributed by atoms with E-state index in [1.54, 1.807) is 18.3 Å². The van der Waals surface area contributed by atoms with Crippen LogP contribution in [0.3, 0.4) is 0 Å². The third kappa shape index (κ3) is 3.98. The molecule has 2 aromatic rings. The number of hydrogen-bond donors (Lipinski definition) is 3. The summed E-state index contributed by atoms with van der Waals surface area (Å²) in [6.07, 6.45) is 2.85. The van der Waals surface area contributed by atoms with Crippen LogP contribution in [0, 0.1) is 0 Å². The van der Waals surface area contributed by atoms with Gasteiger partial charge in [0, 0.05) is 12.4 Å². The summed E-state index contributed by atoms with van der Waals surface area (Å²) in [5.74, 6) is -0.744. The Balaban J connectivity index is 1.98. The Morgan fingerprint density at radius 1 is 1.32 bits per heavy atom. The molecule has 0 radical (unpaired) electrons. The van der Waals surface area contributed by atoms with Crippen molar-refractivity contribution in [1.29, 1.82) is 0 Å². The van der Waals surface area contributed by atoms with Crippen molar-refractivity contribution in [2.45, 2.75) is 20.0 Å².